The molecule has 0 atom stereocenters. The van der Waals surface area contributed by atoms with Crippen LogP contribution in [0.5, 0.6) is 0 Å². The van der Waals surface area contributed by atoms with Gasteiger partial charge in [-0.15, -0.1) is 0 Å². The number of benzene rings is 2. The first-order valence-corrected chi connectivity index (χ1v) is 8.54. The normalized spacial score (nSPS) is 18.0. The van der Waals surface area contributed by atoms with Crippen LogP contribution >= 0.6 is 0 Å². The van der Waals surface area contributed by atoms with Crippen molar-refractivity contribution in [2.45, 2.75) is 30.4 Å². The SMILES string of the molecule is NS(=O)(=O)C1(c2ccc(C=O)c3ccccc23)CCCC1. The molecule has 0 saturated heterocycles. The summed E-state index contributed by atoms with van der Waals surface area (Å²) >= 11 is 0. The molecule has 2 aromatic carbocycles. The van der Waals surface area contributed by atoms with Gasteiger partial charge in [-0.05, 0) is 29.2 Å². The molecule has 0 radical (unpaired) electrons. The molecule has 1 aliphatic carbocycles. The van der Waals surface area contributed by atoms with Crippen LogP contribution in [0.25, 0.3) is 10.8 Å². The van der Waals surface area contributed by atoms with Gasteiger partial charge in [-0.2, -0.15) is 0 Å². The van der Waals surface area contributed by atoms with E-state index in [-0.39, 0.29) is 0 Å². The highest BCUT2D eigenvalue weighted by atomic mass is 32.2. The van der Waals surface area contributed by atoms with Gasteiger partial charge < -0.3 is 0 Å². The average Bonchev–Trinajstić information content (AvgIpc) is 2.96. The molecule has 0 amide bonds. The maximum Gasteiger partial charge on any atom is 0.219 e. The Labute approximate surface area is 124 Å². The summed E-state index contributed by atoms with van der Waals surface area (Å²) in [4.78, 5) is 11.2. The minimum absolute atomic E-state index is 0.538. The molecule has 0 spiro atoms. The molecule has 0 bridgehead atoms. The van der Waals surface area contributed by atoms with Crippen molar-refractivity contribution in [1.29, 1.82) is 0 Å². The molecule has 1 saturated carbocycles. The van der Waals surface area contributed by atoms with Crippen molar-refractivity contribution in [3.05, 3.63) is 47.5 Å². The highest BCUT2D eigenvalue weighted by Gasteiger charge is 2.46. The summed E-state index contributed by atoms with van der Waals surface area (Å²) in [5, 5.41) is 7.15. The smallest absolute Gasteiger partial charge is 0.219 e. The summed E-state index contributed by atoms with van der Waals surface area (Å²) in [6, 6.07) is 10.8. The largest absolute Gasteiger partial charge is 0.298 e. The molecule has 1 aliphatic rings. The Kier molecular flexibility index (Phi) is 3.34. The first-order chi connectivity index (χ1) is 9.99. The van der Waals surface area contributed by atoms with E-state index in [0.717, 1.165) is 35.5 Å². The van der Waals surface area contributed by atoms with Gasteiger partial charge in [0.25, 0.3) is 0 Å². The zero-order chi connectivity index (χ0) is 15.1. The summed E-state index contributed by atoms with van der Waals surface area (Å²) in [5.41, 5.74) is 1.29. The van der Waals surface area contributed by atoms with Crippen LogP contribution in [0.15, 0.2) is 36.4 Å². The monoisotopic (exact) mass is 303 g/mol. The molecule has 110 valence electrons. The molecule has 4 nitrogen and oxygen atoms in total. The van der Waals surface area contributed by atoms with Gasteiger partial charge in [0.05, 0.1) is 0 Å². The number of carbonyl (C=O) groups is 1. The van der Waals surface area contributed by atoms with Gasteiger partial charge in [-0.3, -0.25) is 4.79 Å². The van der Waals surface area contributed by atoms with Gasteiger partial charge in [0, 0.05) is 5.56 Å². The van der Waals surface area contributed by atoms with Crippen LogP contribution in [0.4, 0.5) is 0 Å². The van der Waals surface area contributed by atoms with Crippen LogP contribution < -0.4 is 5.14 Å². The molecular weight excluding hydrogens is 286 g/mol. The van der Waals surface area contributed by atoms with Crippen molar-refractivity contribution < 1.29 is 13.2 Å². The second-order valence-corrected chi connectivity index (χ2v) is 7.48. The Hall–Kier alpha value is -1.72. The standard InChI is InChI=1S/C16H17NO3S/c17-21(19,20)16(9-3-4-10-16)15-8-7-12(11-18)13-5-1-2-6-14(13)15/h1-2,5-8,11H,3-4,9-10H2,(H2,17,19,20). The molecular formula is C16H17NO3S. The van der Waals surface area contributed by atoms with E-state index in [2.05, 4.69) is 0 Å². The summed E-state index contributed by atoms with van der Waals surface area (Å²) in [6.45, 7) is 0. The van der Waals surface area contributed by atoms with E-state index in [1.807, 2.05) is 24.3 Å². The lowest BCUT2D eigenvalue weighted by Crippen LogP contribution is -2.38. The van der Waals surface area contributed by atoms with E-state index < -0.39 is 14.8 Å². The van der Waals surface area contributed by atoms with Crippen LogP contribution in [0.2, 0.25) is 0 Å². The number of hydrogen-bond acceptors (Lipinski definition) is 3. The Morgan fingerprint density at radius 3 is 2.19 bits per heavy atom. The number of fused-ring (bicyclic) bond motifs is 1. The number of primary sulfonamides is 1. The van der Waals surface area contributed by atoms with E-state index in [0.29, 0.717) is 18.4 Å². The second kappa shape index (κ2) is 4.93. The quantitative estimate of drug-likeness (QED) is 0.886. The van der Waals surface area contributed by atoms with Gasteiger partial charge >= 0.3 is 0 Å². The minimum Gasteiger partial charge on any atom is -0.298 e. The fraction of sp³-hybridized carbons (Fsp3) is 0.312. The minimum atomic E-state index is -3.72. The topological polar surface area (TPSA) is 77.2 Å². The summed E-state index contributed by atoms with van der Waals surface area (Å²) in [6.07, 6.45) is 3.57. The maximum atomic E-state index is 12.3. The van der Waals surface area contributed by atoms with Gasteiger partial charge in [0.2, 0.25) is 10.0 Å². The summed E-state index contributed by atoms with van der Waals surface area (Å²) in [7, 11) is -3.72. The van der Waals surface area contributed by atoms with E-state index in [1.54, 1.807) is 12.1 Å². The highest BCUT2D eigenvalue weighted by Crippen LogP contribution is 2.46. The Balaban J connectivity index is 2.37. The zero-order valence-electron chi connectivity index (χ0n) is 11.6. The van der Waals surface area contributed by atoms with Crippen LogP contribution in [0.1, 0.15) is 41.6 Å². The molecule has 21 heavy (non-hydrogen) atoms. The summed E-state index contributed by atoms with van der Waals surface area (Å²) < 4.78 is 23.5. The molecule has 0 aromatic heterocycles. The molecule has 3 rings (SSSR count). The van der Waals surface area contributed by atoms with Crippen molar-refractivity contribution in [3.8, 4) is 0 Å². The van der Waals surface area contributed by atoms with Crippen LogP contribution in [0.3, 0.4) is 0 Å². The first-order valence-electron chi connectivity index (χ1n) is 6.99. The predicted molar refractivity (Wildman–Crippen MR) is 82.6 cm³/mol. The first kappa shape index (κ1) is 14.2. The van der Waals surface area contributed by atoms with Crippen molar-refractivity contribution in [1.82, 2.24) is 0 Å². The highest BCUT2D eigenvalue weighted by molar-refractivity contribution is 7.90. The lowest BCUT2D eigenvalue weighted by Gasteiger charge is -2.28. The number of hydrogen-bond donors (Lipinski definition) is 1. The van der Waals surface area contributed by atoms with E-state index in [9.17, 15) is 13.2 Å². The summed E-state index contributed by atoms with van der Waals surface area (Å²) in [5.74, 6) is 0. The molecule has 0 aliphatic heterocycles. The van der Waals surface area contributed by atoms with E-state index in [1.165, 1.54) is 0 Å². The van der Waals surface area contributed by atoms with Crippen molar-refractivity contribution in [3.63, 3.8) is 0 Å². The van der Waals surface area contributed by atoms with Gasteiger partial charge in [-0.25, -0.2) is 13.6 Å². The molecule has 0 unspecified atom stereocenters. The number of carbonyl (C=O) groups excluding carboxylic acids is 1. The molecule has 0 heterocycles. The Bertz CT molecular complexity index is 805. The third kappa shape index (κ3) is 2.08. The number of rotatable bonds is 3. The van der Waals surface area contributed by atoms with Crippen LogP contribution in [0, 0.1) is 0 Å². The Morgan fingerprint density at radius 1 is 1.00 bits per heavy atom. The second-order valence-electron chi connectivity index (χ2n) is 5.61. The molecule has 2 N–H and O–H groups in total. The number of aldehydes is 1. The van der Waals surface area contributed by atoms with Crippen LogP contribution in [-0.2, 0) is 14.8 Å². The molecule has 2 aromatic rings. The third-order valence-electron chi connectivity index (χ3n) is 4.53. The fourth-order valence-corrected chi connectivity index (χ4v) is 4.82. The lowest BCUT2D eigenvalue weighted by atomic mass is 9.89. The third-order valence-corrected chi connectivity index (χ3v) is 6.25. The van der Waals surface area contributed by atoms with Crippen molar-refractivity contribution in [2.24, 2.45) is 5.14 Å². The van der Waals surface area contributed by atoms with Crippen molar-refractivity contribution in [2.75, 3.05) is 0 Å². The maximum absolute atomic E-state index is 12.3. The molecule has 1 fully saturated rings. The number of nitrogens with two attached hydrogens (primary N) is 1. The van der Waals surface area contributed by atoms with E-state index >= 15 is 0 Å². The average molecular weight is 303 g/mol. The van der Waals surface area contributed by atoms with Gasteiger partial charge in [0.1, 0.15) is 4.75 Å². The van der Waals surface area contributed by atoms with Gasteiger partial charge in [0.15, 0.2) is 6.29 Å². The predicted octanol–water partition coefficient (Wildman–Crippen LogP) is 2.71. The Morgan fingerprint density at radius 2 is 1.62 bits per heavy atom. The zero-order valence-corrected chi connectivity index (χ0v) is 12.4. The number of sulfonamides is 1. The lowest BCUT2D eigenvalue weighted by molar-refractivity contribution is 0.112. The van der Waals surface area contributed by atoms with Gasteiger partial charge in [-0.1, -0.05) is 49.2 Å². The molecule has 5 heteroatoms. The van der Waals surface area contributed by atoms with Crippen LogP contribution in [-0.4, -0.2) is 14.7 Å². The van der Waals surface area contributed by atoms with Crippen molar-refractivity contribution >= 4 is 27.1 Å². The fourth-order valence-electron chi connectivity index (χ4n) is 3.48. The van der Waals surface area contributed by atoms with E-state index in [4.69, 9.17) is 5.14 Å².